The Morgan fingerprint density at radius 2 is 1.88 bits per heavy atom. The summed E-state index contributed by atoms with van der Waals surface area (Å²) < 4.78 is 5.21. The normalized spacial score (nSPS) is 21.5. The van der Waals surface area contributed by atoms with E-state index in [4.69, 9.17) is 4.74 Å². The number of benzene rings is 1. The molecular weight excluding hydrogens is 312 g/mol. The van der Waals surface area contributed by atoms with E-state index >= 15 is 0 Å². The van der Waals surface area contributed by atoms with E-state index in [2.05, 4.69) is 22.3 Å². The summed E-state index contributed by atoms with van der Waals surface area (Å²) in [5, 5.41) is 3.38. The average molecular weight is 344 g/mol. The van der Waals surface area contributed by atoms with Gasteiger partial charge in [0, 0.05) is 19.5 Å². The van der Waals surface area contributed by atoms with Crippen molar-refractivity contribution < 1.29 is 9.53 Å². The largest absolute Gasteiger partial charge is 0.497 e. The van der Waals surface area contributed by atoms with E-state index in [1.807, 2.05) is 12.1 Å². The van der Waals surface area contributed by atoms with Gasteiger partial charge in [0.25, 0.3) is 0 Å². The Bertz CT molecular complexity index is 529. The highest BCUT2D eigenvalue weighted by molar-refractivity contribution is 5.76. The van der Waals surface area contributed by atoms with E-state index in [0.29, 0.717) is 11.8 Å². The van der Waals surface area contributed by atoms with Crippen molar-refractivity contribution in [3.05, 3.63) is 29.8 Å². The van der Waals surface area contributed by atoms with E-state index in [9.17, 15) is 4.79 Å². The lowest BCUT2D eigenvalue weighted by atomic mass is 9.90. The number of carbonyl (C=O) groups excluding carboxylic acids is 1. The topological polar surface area (TPSA) is 41.6 Å². The highest BCUT2D eigenvalue weighted by Crippen LogP contribution is 2.24. The van der Waals surface area contributed by atoms with Crippen LogP contribution in [0.5, 0.6) is 5.75 Å². The molecule has 4 nitrogen and oxygen atoms in total. The molecule has 1 N–H and O–H groups in total. The minimum absolute atomic E-state index is 0.375. The molecule has 0 spiro atoms. The van der Waals surface area contributed by atoms with Gasteiger partial charge in [0.05, 0.1) is 7.11 Å². The number of methoxy groups -OCH3 is 1. The van der Waals surface area contributed by atoms with Crippen molar-refractivity contribution in [2.45, 2.75) is 44.9 Å². The maximum Gasteiger partial charge on any atom is 0.222 e. The second-order valence-corrected chi connectivity index (χ2v) is 7.61. The van der Waals surface area contributed by atoms with E-state index in [1.54, 1.807) is 7.11 Å². The third-order valence-electron chi connectivity index (χ3n) is 5.90. The van der Waals surface area contributed by atoms with Crippen LogP contribution in [0.15, 0.2) is 24.3 Å². The van der Waals surface area contributed by atoms with Crippen LogP contribution in [0, 0.1) is 11.8 Å². The molecule has 138 valence electrons. The van der Waals surface area contributed by atoms with Crippen LogP contribution in [0.1, 0.15) is 44.1 Å². The molecule has 25 heavy (non-hydrogen) atoms. The van der Waals surface area contributed by atoms with Gasteiger partial charge in [0.2, 0.25) is 5.91 Å². The van der Waals surface area contributed by atoms with E-state index < -0.39 is 0 Å². The number of hydrogen-bond acceptors (Lipinski definition) is 3. The molecule has 0 radical (unpaired) electrons. The molecule has 2 aliphatic heterocycles. The van der Waals surface area contributed by atoms with Gasteiger partial charge in [0.1, 0.15) is 5.75 Å². The second-order valence-electron chi connectivity index (χ2n) is 7.61. The summed E-state index contributed by atoms with van der Waals surface area (Å²) in [6, 6.07) is 8.40. The zero-order chi connectivity index (χ0) is 17.5. The Balaban J connectivity index is 1.34. The number of piperidine rings is 1. The molecule has 0 aliphatic carbocycles. The molecule has 4 heteroatoms. The van der Waals surface area contributed by atoms with Gasteiger partial charge in [-0.2, -0.15) is 0 Å². The molecule has 1 unspecified atom stereocenters. The van der Waals surface area contributed by atoms with Crippen molar-refractivity contribution in [3.63, 3.8) is 0 Å². The van der Waals surface area contributed by atoms with Crippen LogP contribution in [0.3, 0.4) is 0 Å². The molecule has 0 saturated carbocycles. The summed E-state index contributed by atoms with van der Waals surface area (Å²) in [7, 11) is 1.70. The highest BCUT2D eigenvalue weighted by Gasteiger charge is 2.23. The molecule has 1 atom stereocenters. The molecule has 3 rings (SSSR count). The maximum absolute atomic E-state index is 12.4. The fourth-order valence-corrected chi connectivity index (χ4v) is 4.08. The fourth-order valence-electron chi connectivity index (χ4n) is 4.08. The first-order chi connectivity index (χ1) is 12.2. The standard InChI is InChI=1S/C21H32N2O2/c1-25-20-7-4-17(5-8-20)2-3-18-11-14-23(15-12-18)21(24)9-6-19-10-13-22-16-19/h4-5,7-8,18-19,22H,2-3,6,9-16H2,1H3. The van der Waals surface area contributed by atoms with Gasteiger partial charge in [-0.1, -0.05) is 12.1 Å². The Morgan fingerprint density at radius 1 is 1.12 bits per heavy atom. The maximum atomic E-state index is 12.4. The number of aryl methyl sites for hydroxylation is 1. The lowest BCUT2D eigenvalue weighted by Gasteiger charge is -2.32. The van der Waals surface area contributed by atoms with Crippen LogP contribution < -0.4 is 10.1 Å². The number of rotatable bonds is 7. The van der Waals surface area contributed by atoms with Gasteiger partial charge >= 0.3 is 0 Å². The number of likely N-dealkylation sites (tertiary alicyclic amines) is 1. The zero-order valence-corrected chi connectivity index (χ0v) is 15.5. The first-order valence-corrected chi connectivity index (χ1v) is 9.86. The minimum atomic E-state index is 0.375. The van der Waals surface area contributed by atoms with Crippen LogP contribution in [-0.4, -0.2) is 44.1 Å². The number of carbonyl (C=O) groups is 1. The van der Waals surface area contributed by atoms with Crippen LogP contribution in [-0.2, 0) is 11.2 Å². The summed E-state index contributed by atoms with van der Waals surface area (Å²) in [6.07, 6.45) is 7.70. The van der Waals surface area contributed by atoms with Gasteiger partial charge in [0.15, 0.2) is 0 Å². The fraction of sp³-hybridized carbons (Fsp3) is 0.667. The molecule has 1 aromatic carbocycles. The molecular formula is C21H32N2O2. The van der Waals surface area contributed by atoms with Crippen molar-refractivity contribution in [2.75, 3.05) is 33.3 Å². The van der Waals surface area contributed by atoms with Crippen molar-refractivity contribution in [1.82, 2.24) is 10.2 Å². The second kappa shape index (κ2) is 9.23. The zero-order valence-electron chi connectivity index (χ0n) is 15.5. The van der Waals surface area contributed by atoms with Gasteiger partial charge in [-0.05, 0) is 81.1 Å². The van der Waals surface area contributed by atoms with Crippen molar-refractivity contribution >= 4 is 5.91 Å². The third-order valence-corrected chi connectivity index (χ3v) is 5.90. The third kappa shape index (κ3) is 5.46. The molecule has 2 fully saturated rings. The molecule has 0 aromatic heterocycles. The van der Waals surface area contributed by atoms with Crippen LogP contribution >= 0.6 is 0 Å². The summed E-state index contributed by atoms with van der Waals surface area (Å²) in [4.78, 5) is 14.5. The number of ether oxygens (including phenoxy) is 1. The van der Waals surface area contributed by atoms with Crippen molar-refractivity contribution in [2.24, 2.45) is 11.8 Å². The number of amides is 1. The molecule has 2 heterocycles. The first kappa shape index (κ1) is 18.2. The summed E-state index contributed by atoms with van der Waals surface area (Å²) in [6.45, 7) is 4.13. The monoisotopic (exact) mass is 344 g/mol. The Kier molecular flexibility index (Phi) is 6.74. The smallest absolute Gasteiger partial charge is 0.222 e. The molecule has 2 aliphatic rings. The number of nitrogens with zero attached hydrogens (tertiary/aromatic N) is 1. The average Bonchev–Trinajstić information content (AvgIpc) is 3.19. The number of nitrogens with one attached hydrogen (secondary N) is 1. The molecule has 0 bridgehead atoms. The lowest BCUT2D eigenvalue weighted by Crippen LogP contribution is -2.38. The summed E-state index contributed by atoms with van der Waals surface area (Å²) in [5.41, 5.74) is 1.38. The van der Waals surface area contributed by atoms with E-state index in [-0.39, 0.29) is 0 Å². The van der Waals surface area contributed by atoms with Crippen LogP contribution in [0.25, 0.3) is 0 Å². The summed E-state index contributed by atoms with van der Waals surface area (Å²) >= 11 is 0. The van der Waals surface area contributed by atoms with Crippen LogP contribution in [0.2, 0.25) is 0 Å². The predicted octanol–water partition coefficient (Wildman–Crippen LogP) is 3.26. The van der Waals surface area contributed by atoms with Gasteiger partial charge in [-0.15, -0.1) is 0 Å². The quantitative estimate of drug-likeness (QED) is 0.825. The summed E-state index contributed by atoms with van der Waals surface area (Å²) in [5.74, 6) is 2.76. The minimum Gasteiger partial charge on any atom is -0.497 e. The first-order valence-electron chi connectivity index (χ1n) is 9.86. The lowest BCUT2D eigenvalue weighted by molar-refractivity contribution is -0.132. The predicted molar refractivity (Wildman–Crippen MR) is 101 cm³/mol. The van der Waals surface area contributed by atoms with Crippen LogP contribution in [0.4, 0.5) is 0 Å². The van der Waals surface area contributed by atoms with Gasteiger partial charge in [-0.25, -0.2) is 0 Å². The number of hydrogen-bond donors (Lipinski definition) is 1. The van der Waals surface area contributed by atoms with Crippen molar-refractivity contribution in [3.8, 4) is 5.75 Å². The molecule has 1 aromatic rings. The Hall–Kier alpha value is -1.55. The van der Waals surface area contributed by atoms with Gasteiger partial charge < -0.3 is 15.0 Å². The Labute approximate surface area is 151 Å². The highest BCUT2D eigenvalue weighted by atomic mass is 16.5. The SMILES string of the molecule is COc1ccc(CCC2CCN(C(=O)CCC3CCNC3)CC2)cc1. The molecule has 2 saturated heterocycles. The Morgan fingerprint density at radius 3 is 2.52 bits per heavy atom. The van der Waals surface area contributed by atoms with E-state index in [0.717, 1.165) is 70.0 Å². The van der Waals surface area contributed by atoms with Crippen molar-refractivity contribution in [1.29, 1.82) is 0 Å². The molecule has 1 amide bonds. The van der Waals surface area contributed by atoms with E-state index in [1.165, 1.54) is 18.4 Å². The van der Waals surface area contributed by atoms with Gasteiger partial charge in [-0.3, -0.25) is 4.79 Å².